The second-order valence-corrected chi connectivity index (χ2v) is 8.56. The van der Waals surface area contributed by atoms with E-state index in [1.54, 1.807) is 11.3 Å². The average Bonchev–Trinajstić information content (AvgIpc) is 3.04. The first-order chi connectivity index (χ1) is 12.0. The van der Waals surface area contributed by atoms with Crippen LogP contribution in [0, 0.1) is 6.92 Å². The molecule has 0 fully saturated rings. The van der Waals surface area contributed by atoms with Gasteiger partial charge in [-0.3, -0.25) is 0 Å². The number of benzene rings is 2. The number of hydrogen-bond acceptors (Lipinski definition) is 4. The molecular formula is C19H20N2O2S2. The van der Waals surface area contributed by atoms with Gasteiger partial charge in [0.25, 0.3) is 0 Å². The summed E-state index contributed by atoms with van der Waals surface area (Å²) in [5.74, 6) is -0.000474. The Bertz CT molecular complexity index is 918. The minimum atomic E-state index is -3.33. The molecule has 1 aromatic heterocycles. The Balaban J connectivity index is 1.55. The van der Waals surface area contributed by atoms with Crippen molar-refractivity contribution in [1.29, 1.82) is 0 Å². The first-order valence-electron chi connectivity index (χ1n) is 8.04. The second-order valence-electron chi connectivity index (χ2n) is 5.90. The number of aromatic nitrogens is 1. The predicted molar refractivity (Wildman–Crippen MR) is 103 cm³/mol. The highest BCUT2D eigenvalue weighted by atomic mass is 32.2. The van der Waals surface area contributed by atoms with Gasteiger partial charge in [0.1, 0.15) is 5.01 Å². The summed E-state index contributed by atoms with van der Waals surface area (Å²) in [5.41, 5.74) is 3.99. The van der Waals surface area contributed by atoms with E-state index >= 15 is 0 Å². The molecule has 25 heavy (non-hydrogen) atoms. The van der Waals surface area contributed by atoms with Gasteiger partial charge in [-0.1, -0.05) is 60.2 Å². The molecule has 3 rings (SSSR count). The van der Waals surface area contributed by atoms with Crippen molar-refractivity contribution in [1.82, 2.24) is 9.71 Å². The van der Waals surface area contributed by atoms with E-state index in [0.29, 0.717) is 13.0 Å². The van der Waals surface area contributed by atoms with Crippen LogP contribution in [-0.2, 0) is 22.2 Å². The SMILES string of the molecule is Cc1ccc(-c2nc(CCNS(=O)(=O)Cc3ccccc3)cs2)cc1. The van der Waals surface area contributed by atoms with Crippen molar-refractivity contribution in [3.05, 3.63) is 76.8 Å². The number of rotatable bonds is 7. The second kappa shape index (κ2) is 7.91. The maximum absolute atomic E-state index is 12.1. The zero-order valence-electron chi connectivity index (χ0n) is 14.0. The summed E-state index contributed by atoms with van der Waals surface area (Å²) in [6.07, 6.45) is 0.580. The predicted octanol–water partition coefficient (Wildman–Crippen LogP) is 3.78. The van der Waals surface area contributed by atoms with E-state index in [1.165, 1.54) is 5.56 Å². The average molecular weight is 373 g/mol. The molecule has 0 aliphatic heterocycles. The largest absolute Gasteiger partial charge is 0.241 e. The van der Waals surface area contributed by atoms with Crippen LogP contribution < -0.4 is 4.72 Å². The summed E-state index contributed by atoms with van der Waals surface area (Å²) in [4.78, 5) is 4.60. The Kier molecular flexibility index (Phi) is 5.63. The minimum Gasteiger partial charge on any atom is -0.241 e. The van der Waals surface area contributed by atoms with E-state index in [1.807, 2.05) is 35.7 Å². The third-order valence-electron chi connectivity index (χ3n) is 3.75. The number of hydrogen-bond donors (Lipinski definition) is 1. The van der Waals surface area contributed by atoms with Crippen LogP contribution in [0.2, 0.25) is 0 Å². The van der Waals surface area contributed by atoms with E-state index in [9.17, 15) is 8.42 Å². The normalized spacial score (nSPS) is 11.6. The molecule has 6 heteroatoms. The van der Waals surface area contributed by atoms with E-state index in [-0.39, 0.29) is 5.75 Å². The van der Waals surface area contributed by atoms with Crippen LogP contribution >= 0.6 is 11.3 Å². The standard InChI is InChI=1S/C19H20N2O2S2/c1-15-7-9-17(10-8-15)19-21-18(13-24-19)11-12-20-25(22,23)14-16-5-3-2-4-6-16/h2-10,13,20H,11-12,14H2,1H3. The van der Waals surface area contributed by atoms with Crippen molar-refractivity contribution in [2.24, 2.45) is 0 Å². The lowest BCUT2D eigenvalue weighted by Gasteiger charge is -2.06. The summed E-state index contributed by atoms with van der Waals surface area (Å²) in [7, 11) is -3.33. The van der Waals surface area contributed by atoms with Crippen molar-refractivity contribution in [3.63, 3.8) is 0 Å². The third-order valence-corrected chi connectivity index (χ3v) is 6.05. The van der Waals surface area contributed by atoms with Gasteiger partial charge >= 0.3 is 0 Å². The summed E-state index contributed by atoms with van der Waals surface area (Å²) >= 11 is 1.58. The molecule has 0 spiro atoms. The summed E-state index contributed by atoms with van der Waals surface area (Å²) in [5, 5.41) is 2.95. The molecule has 0 unspecified atom stereocenters. The molecule has 0 amide bonds. The van der Waals surface area contributed by atoms with E-state index in [4.69, 9.17) is 0 Å². The highest BCUT2D eigenvalue weighted by molar-refractivity contribution is 7.88. The van der Waals surface area contributed by atoms with Crippen LogP contribution in [0.15, 0.2) is 60.0 Å². The lowest BCUT2D eigenvalue weighted by molar-refractivity contribution is 0.580. The Morgan fingerprint density at radius 3 is 2.48 bits per heavy atom. The number of sulfonamides is 1. The zero-order chi connectivity index (χ0) is 17.7. The van der Waals surface area contributed by atoms with Gasteiger partial charge in [0.05, 0.1) is 11.4 Å². The van der Waals surface area contributed by atoms with Crippen molar-refractivity contribution < 1.29 is 8.42 Å². The smallest absolute Gasteiger partial charge is 0.215 e. The molecule has 1 heterocycles. The molecule has 0 radical (unpaired) electrons. The highest BCUT2D eigenvalue weighted by Crippen LogP contribution is 2.24. The van der Waals surface area contributed by atoms with Crippen molar-refractivity contribution >= 4 is 21.4 Å². The van der Waals surface area contributed by atoms with Crippen LogP contribution in [0.4, 0.5) is 0 Å². The number of nitrogens with zero attached hydrogens (tertiary/aromatic N) is 1. The molecule has 0 bridgehead atoms. The topological polar surface area (TPSA) is 59.1 Å². The van der Waals surface area contributed by atoms with Gasteiger partial charge in [-0.15, -0.1) is 11.3 Å². The molecule has 0 aliphatic carbocycles. The van der Waals surface area contributed by atoms with Crippen LogP contribution in [0.3, 0.4) is 0 Å². The third kappa shape index (κ3) is 5.22. The molecule has 0 saturated carbocycles. The van der Waals surface area contributed by atoms with Gasteiger partial charge in [-0.05, 0) is 12.5 Å². The van der Waals surface area contributed by atoms with E-state index in [2.05, 4.69) is 40.9 Å². The maximum Gasteiger partial charge on any atom is 0.215 e. The lowest BCUT2D eigenvalue weighted by Crippen LogP contribution is -2.27. The number of nitrogens with one attached hydrogen (secondary N) is 1. The van der Waals surface area contributed by atoms with Crippen LogP contribution in [0.5, 0.6) is 0 Å². The van der Waals surface area contributed by atoms with Gasteiger partial charge in [0, 0.05) is 23.9 Å². The Hall–Kier alpha value is -2.02. The van der Waals surface area contributed by atoms with Gasteiger partial charge < -0.3 is 0 Å². The fourth-order valence-corrected chi connectivity index (χ4v) is 4.44. The first kappa shape index (κ1) is 17.8. The Morgan fingerprint density at radius 1 is 1.04 bits per heavy atom. The maximum atomic E-state index is 12.1. The summed E-state index contributed by atoms with van der Waals surface area (Å²) in [6.45, 7) is 2.41. The minimum absolute atomic E-state index is 0.000474. The molecular weight excluding hydrogens is 352 g/mol. The lowest BCUT2D eigenvalue weighted by atomic mass is 10.2. The van der Waals surface area contributed by atoms with Crippen LogP contribution in [0.1, 0.15) is 16.8 Å². The fraction of sp³-hybridized carbons (Fsp3) is 0.211. The number of thiazole rings is 1. The molecule has 0 aliphatic rings. The molecule has 0 saturated heterocycles. The van der Waals surface area contributed by atoms with Crippen molar-refractivity contribution in [2.75, 3.05) is 6.54 Å². The summed E-state index contributed by atoms with van der Waals surface area (Å²) in [6, 6.07) is 17.4. The zero-order valence-corrected chi connectivity index (χ0v) is 15.6. The van der Waals surface area contributed by atoms with Crippen molar-refractivity contribution in [3.8, 4) is 10.6 Å². The first-order valence-corrected chi connectivity index (χ1v) is 10.6. The van der Waals surface area contributed by atoms with Gasteiger partial charge in [-0.2, -0.15) is 0 Å². The van der Waals surface area contributed by atoms with Crippen molar-refractivity contribution in [2.45, 2.75) is 19.1 Å². The molecule has 0 atom stereocenters. The van der Waals surface area contributed by atoms with E-state index in [0.717, 1.165) is 21.8 Å². The Labute approximate surface area is 152 Å². The number of aryl methyl sites for hydroxylation is 1. The molecule has 130 valence electrons. The van der Waals surface area contributed by atoms with Crippen LogP contribution in [0.25, 0.3) is 10.6 Å². The van der Waals surface area contributed by atoms with Gasteiger partial charge in [-0.25, -0.2) is 18.1 Å². The molecule has 2 aromatic carbocycles. The fourth-order valence-electron chi connectivity index (χ4n) is 2.43. The Morgan fingerprint density at radius 2 is 1.76 bits per heavy atom. The summed E-state index contributed by atoms with van der Waals surface area (Å²) < 4.78 is 26.9. The van der Waals surface area contributed by atoms with Gasteiger partial charge in [0.15, 0.2) is 0 Å². The quantitative estimate of drug-likeness (QED) is 0.687. The molecule has 4 nitrogen and oxygen atoms in total. The monoisotopic (exact) mass is 372 g/mol. The van der Waals surface area contributed by atoms with Gasteiger partial charge in [0.2, 0.25) is 10.0 Å². The highest BCUT2D eigenvalue weighted by Gasteiger charge is 2.11. The van der Waals surface area contributed by atoms with Crippen LogP contribution in [-0.4, -0.2) is 19.9 Å². The molecule has 3 aromatic rings. The molecule has 1 N–H and O–H groups in total. The van der Waals surface area contributed by atoms with E-state index < -0.39 is 10.0 Å².